The summed E-state index contributed by atoms with van der Waals surface area (Å²) in [6.45, 7) is 4.01. The van der Waals surface area contributed by atoms with Crippen LogP contribution in [0.15, 0.2) is 10.9 Å². The van der Waals surface area contributed by atoms with Gasteiger partial charge in [0.1, 0.15) is 0 Å². The highest BCUT2D eigenvalue weighted by atomic mass is 32.1. The Labute approximate surface area is 78.9 Å². The maximum absolute atomic E-state index is 11.4. The molecule has 0 saturated heterocycles. The SMILES string of the molecule is CC(C)c1cc(=O)n2n[c]sc2n1. The number of hydrogen-bond acceptors (Lipinski definition) is 4. The average molecular weight is 194 g/mol. The van der Waals surface area contributed by atoms with Crippen molar-refractivity contribution >= 4 is 16.3 Å². The third-order valence-electron chi connectivity index (χ3n) is 1.76. The van der Waals surface area contributed by atoms with Crippen molar-refractivity contribution in [2.45, 2.75) is 19.8 Å². The molecule has 0 spiro atoms. The quantitative estimate of drug-likeness (QED) is 0.682. The van der Waals surface area contributed by atoms with Crippen LogP contribution < -0.4 is 5.56 Å². The fraction of sp³-hybridized carbons (Fsp3) is 0.375. The maximum atomic E-state index is 11.4. The van der Waals surface area contributed by atoms with E-state index in [2.05, 4.69) is 15.6 Å². The third kappa shape index (κ3) is 1.35. The lowest BCUT2D eigenvalue weighted by Gasteiger charge is -2.01. The first kappa shape index (κ1) is 8.37. The molecule has 0 aliphatic heterocycles. The standard InChI is InChI=1S/C8H8N3OS/c1-5(2)6-3-7(12)11-8(10-6)13-4-9-11/h3,5H,1-2H3. The zero-order valence-electron chi connectivity index (χ0n) is 7.31. The van der Waals surface area contributed by atoms with E-state index in [1.807, 2.05) is 13.8 Å². The van der Waals surface area contributed by atoms with Gasteiger partial charge in [-0.15, -0.1) is 5.10 Å². The van der Waals surface area contributed by atoms with Crippen molar-refractivity contribution in [1.29, 1.82) is 0 Å². The summed E-state index contributed by atoms with van der Waals surface area (Å²) in [5.74, 6) is 0.264. The minimum Gasteiger partial charge on any atom is -0.267 e. The third-order valence-corrected chi connectivity index (χ3v) is 2.38. The largest absolute Gasteiger partial charge is 0.275 e. The molecule has 13 heavy (non-hydrogen) atoms. The van der Waals surface area contributed by atoms with Crippen LogP contribution >= 0.6 is 11.3 Å². The minimum atomic E-state index is -0.133. The zero-order valence-corrected chi connectivity index (χ0v) is 8.13. The second-order valence-corrected chi connectivity index (χ2v) is 3.81. The van der Waals surface area contributed by atoms with E-state index >= 15 is 0 Å². The smallest absolute Gasteiger partial charge is 0.267 e. The summed E-state index contributed by atoms with van der Waals surface area (Å²) >= 11 is 1.25. The Morgan fingerprint density at radius 2 is 2.38 bits per heavy atom. The van der Waals surface area contributed by atoms with Crippen molar-refractivity contribution in [1.82, 2.24) is 14.6 Å². The monoisotopic (exact) mass is 194 g/mol. The molecule has 2 aromatic rings. The summed E-state index contributed by atoms with van der Waals surface area (Å²) in [4.78, 5) is 16.3. The second kappa shape index (κ2) is 2.92. The van der Waals surface area contributed by atoms with E-state index in [0.717, 1.165) is 5.69 Å². The van der Waals surface area contributed by atoms with E-state index in [-0.39, 0.29) is 11.5 Å². The van der Waals surface area contributed by atoms with Crippen LogP contribution in [0.1, 0.15) is 25.5 Å². The molecule has 4 nitrogen and oxygen atoms in total. The van der Waals surface area contributed by atoms with Gasteiger partial charge in [0, 0.05) is 6.07 Å². The van der Waals surface area contributed by atoms with Gasteiger partial charge >= 0.3 is 0 Å². The van der Waals surface area contributed by atoms with Crippen molar-refractivity contribution in [3.05, 3.63) is 27.6 Å². The Balaban J connectivity index is 2.77. The van der Waals surface area contributed by atoms with Gasteiger partial charge in [0.15, 0.2) is 5.51 Å². The van der Waals surface area contributed by atoms with Gasteiger partial charge in [-0.1, -0.05) is 25.2 Å². The van der Waals surface area contributed by atoms with Crippen LogP contribution in [0, 0.1) is 5.51 Å². The Kier molecular flexibility index (Phi) is 1.88. The maximum Gasteiger partial charge on any atom is 0.275 e. The average Bonchev–Trinajstić information content (AvgIpc) is 2.51. The predicted octanol–water partition coefficient (Wildman–Crippen LogP) is 1.07. The summed E-state index contributed by atoms with van der Waals surface area (Å²) in [5.41, 5.74) is 3.31. The summed E-state index contributed by atoms with van der Waals surface area (Å²) in [6, 6.07) is 1.52. The Bertz CT molecular complexity index is 485. The lowest BCUT2D eigenvalue weighted by molar-refractivity contribution is 0.797. The zero-order chi connectivity index (χ0) is 9.42. The molecule has 67 valence electrons. The number of hydrogen-bond donors (Lipinski definition) is 0. The van der Waals surface area contributed by atoms with Crippen molar-refractivity contribution < 1.29 is 0 Å². The summed E-state index contributed by atoms with van der Waals surface area (Å²) in [5, 5.41) is 3.75. The minimum absolute atomic E-state index is 0.133. The molecule has 0 unspecified atom stereocenters. The summed E-state index contributed by atoms with van der Waals surface area (Å²) in [7, 11) is 0. The van der Waals surface area contributed by atoms with E-state index in [4.69, 9.17) is 0 Å². The topological polar surface area (TPSA) is 47.3 Å². The first-order valence-corrected chi connectivity index (χ1v) is 4.77. The highest BCUT2D eigenvalue weighted by Crippen LogP contribution is 2.11. The van der Waals surface area contributed by atoms with Crippen LogP contribution in [0.3, 0.4) is 0 Å². The number of nitrogens with zero attached hydrogens (tertiary/aromatic N) is 3. The molecule has 0 saturated carbocycles. The van der Waals surface area contributed by atoms with Gasteiger partial charge in [-0.2, -0.15) is 4.52 Å². The molecule has 0 bridgehead atoms. The lowest BCUT2D eigenvalue weighted by atomic mass is 10.1. The Hall–Kier alpha value is -1.23. The molecular formula is C8H8N3OS. The second-order valence-electron chi connectivity index (χ2n) is 3.06. The van der Waals surface area contributed by atoms with E-state index < -0.39 is 0 Å². The van der Waals surface area contributed by atoms with Gasteiger partial charge in [0.2, 0.25) is 4.96 Å². The summed E-state index contributed by atoms with van der Waals surface area (Å²) < 4.78 is 1.26. The van der Waals surface area contributed by atoms with Gasteiger partial charge in [-0.05, 0) is 5.92 Å². The molecule has 2 aromatic heterocycles. The number of fused-ring (bicyclic) bond motifs is 1. The Morgan fingerprint density at radius 3 is 3.08 bits per heavy atom. The fourth-order valence-corrected chi connectivity index (χ4v) is 1.60. The number of rotatable bonds is 1. The Morgan fingerprint density at radius 1 is 1.62 bits per heavy atom. The van der Waals surface area contributed by atoms with Gasteiger partial charge in [-0.25, -0.2) is 4.98 Å². The molecular weight excluding hydrogens is 186 g/mol. The molecule has 0 aliphatic carbocycles. The molecule has 0 fully saturated rings. The van der Waals surface area contributed by atoms with Crippen LogP contribution in [-0.2, 0) is 0 Å². The number of aromatic nitrogens is 3. The van der Waals surface area contributed by atoms with Crippen LogP contribution in [0.2, 0.25) is 0 Å². The molecule has 1 radical (unpaired) electrons. The molecule has 2 rings (SSSR count). The van der Waals surface area contributed by atoms with E-state index in [1.54, 1.807) is 0 Å². The molecule has 0 aliphatic rings. The lowest BCUT2D eigenvalue weighted by Crippen LogP contribution is -2.15. The van der Waals surface area contributed by atoms with Crippen molar-refractivity contribution in [3.8, 4) is 0 Å². The van der Waals surface area contributed by atoms with Crippen LogP contribution in [0.4, 0.5) is 0 Å². The van der Waals surface area contributed by atoms with E-state index in [9.17, 15) is 4.79 Å². The first-order chi connectivity index (χ1) is 6.18. The summed E-state index contributed by atoms with van der Waals surface area (Å²) in [6.07, 6.45) is 0. The van der Waals surface area contributed by atoms with Crippen molar-refractivity contribution in [2.24, 2.45) is 0 Å². The molecule has 0 atom stereocenters. The highest BCUT2D eigenvalue weighted by Gasteiger charge is 2.06. The molecule has 5 heteroatoms. The van der Waals surface area contributed by atoms with Gasteiger partial charge in [0.05, 0.1) is 5.69 Å². The normalized spacial score (nSPS) is 11.3. The highest BCUT2D eigenvalue weighted by molar-refractivity contribution is 7.14. The molecule has 0 aromatic carbocycles. The molecule has 0 N–H and O–H groups in total. The molecule has 0 amide bonds. The van der Waals surface area contributed by atoms with Crippen LogP contribution in [0.5, 0.6) is 0 Å². The van der Waals surface area contributed by atoms with Gasteiger partial charge < -0.3 is 0 Å². The van der Waals surface area contributed by atoms with E-state index in [0.29, 0.717) is 4.96 Å². The van der Waals surface area contributed by atoms with Gasteiger partial charge in [0.25, 0.3) is 5.56 Å². The molecule has 2 heterocycles. The van der Waals surface area contributed by atoms with Crippen molar-refractivity contribution in [2.75, 3.05) is 0 Å². The van der Waals surface area contributed by atoms with Crippen LogP contribution in [-0.4, -0.2) is 14.6 Å². The predicted molar refractivity (Wildman–Crippen MR) is 50.1 cm³/mol. The van der Waals surface area contributed by atoms with Crippen molar-refractivity contribution in [3.63, 3.8) is 0 Å². The van der Waals surface area contributed by atoms with Gasteiger partial charge in [-0.3, -0.25) is 4.79 Å². The van der Waals surface area contributed by atoms with Crippen LogP contribution in [0.25, 0.3) is 4.96 Å². The first-order valence-electron chi connectivity index (χ1n) is 3.95. The van der Waals surface area contributed by atoms with E-state index in [1.165, 1.54) is 21.9 Å². The fourth-order valence-electron chi connectivity index (χ4n) is 1.03.